The number of nitrogens with two attached hydrogens (primary N) is 1. The molecule has 0 unspecified atom stereocenters. The molecule has 6 N–H and O–H groups in total. The van der Waals surface area contributed by atoms with Gasteiger partial charge in [0.05, 0.1) is 11.9 Å². The third kappa shape index (κ3) is 10.4. The minimum Gasteiger partial charge on any atom is -0.384 e. The van der Waals surface area contributed by atoms with Gasteiger partial charge in [0, 0.05) is 22.8 Å². The lowest BCUT2D eigenvalue weighted by Gasteiger charge is -2.12. The van der Waals surface area contributed by atoms with Gasteiger partial charge in [-0.3, -0.25) is 4.66 Å². The van der Waals surface area contributed by atoms with Gasteiger partial charge in [-0.2, -0.15) is 0 Å². The van der Waals surface area contributed by atoms with Crippen LogP contribution in [0.25, 0.3) is 5.82 Å². The van der Waals surface area contributed by atoms with E-state index in [1.165, 1.54) is 28.2 Å². The molecule has 0 fully saturated rings. The molecule has 184 valence electrons. The molecule has 0 saturated carbocycles. The largest absolute Gasteiger partial charge is 0.384 e. The van der Waals surface area contributed by atoms with Crippen molar-refractivity contribution in [3.8, 4) is 5.82 Å². The molecule has 0 aromatic carbocycles. The van der Waals surface area contributed by atoms with Crippen LogP contribution in [0.15, 0.2) is 36.4 Å². The smallest absolute Gasteiger partial charge is 0.137 e. The summed E-state index contributed by atoms with van der Waals surface area (Å²) in [5.74, 6) is 2.95. The molecule has 0 aliphatic carbocycles. The van der Waals surface area contributed by atoms with Crippen molar-refractivity contribution < 1.29 is 4.66 Å². The van der Waals surface area contributed by atoms with Crippen molar-refractivity contribution in [1.29, 1.82) is 0 Å². The molecule has 3 aromatic heterocycles. The highest BCUT2D eigenvalue weighted by atomic mass is 35.5. The number of aryl methyl sites for hydroxylation is 4. The molecule has 0 saturated heterocycles. The average Bonchev–Trinajstić information content (AvgIpc) is 3.00. The molecule has 0 radical (unpaired) electrons. The lowest BCUT2D eigenvalue weighted by atomic mass is 10.1. The van der Waals surface area contributed by atoms with Crippen LogP contribution >= 0.6 is 11.9 Å². The zero-order valence-electron chi connectivity index (χ0n) is 21.5. The highest BCUT2D eigenvalue weighted by Gasteiger charge is 2.08. The van der Waals surface area contributed by atoms with Gasteiger partial charge in [-0.05, 0) is 99.9 Å². The molecule has 0 aliphatic rings. The van der Waals surface area contributed by atoms with Crippen molar-refractivity contribution in [2.45, 2.75) is 68.2 Å². The van der Waals surface area contributed by atoms with Crippen LogP contribution in [0.3, 0.4) is 0 Å². The van der Waals surface area contributed by atoms with Gasteiger partial charge >= 0.3 is 0 Å². The van der Waals surface area contributed by atoms with Crippen LogP contribution in [0.4, 0.5) is 5.82 Å². The maximum atomic E-state index is 6.47. The number of nitrogens with zero attached hydrogens (tertiary/aromatic N) is 3. The lowest BCUT2D eigenvalue weighted by Crippen LogP contribution is -2.06. The molecule has 3 aromatic rings. The fourth-order valence-electron chi connectivity index (χ4n) is 3.68. The summed E-state index contributed by atoms with van der Waals surface area (Å²) in [7, 11) is 0. The second-order valence-electron chi connectivity index (χ2n) is 9.20. The van der Waals surface area contributed by atoms with Crippen molar-refractivity contribution in [2.24, 2.45) is 11.8 Å². The highest BCUT2D eigenvalue weighted by Crippen LogP contribution is 2.18. The van der Waals surface area contributed by atoms with Crippen molar-refractivity contribution in [1.82, 2.24) is 20.7 Å². The zero-order valence-corrected chi connectivity index (χ0v) is 22.2. The van der Waals surface area contributed by atoms with Gasteiger partial charge in [-0.15, -0.1) is 0 Å². The van der Waals surface area contributed by atoms with Crippen LogP contribution in [0, 0.1) is 39.5 Å². The first kappa shape index (κ1) is 30.6. The Balaban J connectivity index is 0.000000599. The number of rotatable bonds is 5. The summed E-state index contributed by atoms with van der Waals surface area (Å²) < 4.78 is 8.69. The zero-order chi connectivity index (χ0) is 24.4. The first-order chi connectivity index (χ1) is 15.0. The summed E-state index contributed by atoms with van der Waals surface area (Å²) in [6.07, 6.45) is 2.04. The molecular formula is C26H42ClN5O. The molecule has 7 heteroatoms. The van der Waals surface area contributed by atoms with Gasteiger partial charge in [0.15, 0.2) is 0 Å². The third-order valence-corrected chi connectivity index (χ3v) is 4.79. The van der Waals surface area contributed by atoms with E-state index in [0.29, 0.717) is 17.7 Å². The Bertz CT molecular complexity index is 943. The Hall–Kier alpha value is -2.41. The molecule has 3 rings (SSSR count). The van der Waals surface area contributed by atoms with Gasteiger partial charge in [0.2, 0.25) is 0 Å². The summed E-state index contributed by atoms with van der Waals surface area (Å²) in [6, 6.07) is 12.6. The van der Waals surface area contributed by atoms with Crippen LogP contribution < -0.4 is 11.9 Å². The maximum absolute atomic E-state index is 6.47. The second kappa shape index (κ2) is 14.7. The van der Waals surface area contributed by atoms with Crippen molar-refractivity contribution >= 4 is 17.7 Å². The second-order valence-corrected chi connectivity index (χ2v) is 9.20. The van der Waals surface area contributed by atoms with E-state index in [0.717, 1.165) is 24.4 Å². The minimum absolute atomic E-state index is 0. The summed E-state index contributed by atoms with van der Waals surface area (Å²) in [5.41, 5.74) is 12.9. The van der Waals surface area contributed by atoms with Crippen molar-refractivity contribution in [3.05, 3.63) is 70.3 Å². The molecule has 3 heterocycles. The SMILES string of the molecule is Cc1cc(CC(C)C)nc(-n2c(C)ccc2C)c1.Cc1cc(N)nc(CC(C)C)c1.N.OCl. The lowest BCUT2D eigenvalue weighted by molar-refractivity contribution is 0.632. The first-order valence-corrected chi connectivity index (χ1v) is 11.4. The van der Waals surface area contributed by atoms with Crippen molar-refractivity contribution in [3.63, 3.8) is 0 Å². The molecular weight excluding hydrogens is 434 g/mol. The minimum atomic E-state index is 0. The van der Waals surface area contributed by atoms with E-state index in [1.54, 1.807) is 0 Å². The van der Waals surface area contributed by atoms with E-state index < -0.39 is 0 Å². The normalized spacial score (nSPS) is 10.2. The van der Waals surface area contributed by atoms with Crippen LogP contribution in [0.5, 0.6) is 0 Å². The van der Waals surface area contributed by atoms with Gasteiger partial charge in [-0.1, -0.05) is 27.7 Å². The fourth-order valence-corrected chi connectivity index (χ4v) is 3.68. The van der Waals surface area contributed by atoms with Crippen molar-refractivity contribution in [2.75, 3.05) is 5.73 Å². The topological polar surface area (TPSA) is 112 Å². The molecule has 0 amide bonds. The molecule has 0 atom stereocenters. The van der Waals surface area contributed by atoms with E-state index in [4.69, 9.17) is 15.4 Å². The van der Waals surface area contributed by atoms with E-state index in [1.807, 2.05) is 13.0 Å². The molecule has 33 heavy (non-hydrogen) atoms. The molecule has 0 aliphatic heterocycles. The monoisotopic (exact) mass is 475 g/mol. The summed E-state index contributed by atoms with van der Waals surface area (Å²) >= 11 is 3.64. The molecule has 6 nitrogen and oxygen atoms in total. The fraction of sp³-hybridized carbons (Fsp3) is 0.462. The number of aromatic nitrogens is 3. The van der Waals surface area contributed by atoms with Crippen LogP contribution in [-0.2, 0) is 12.8 Å². The number of nitrogen functional groups attached to an aromatic ring is 1. The van der Waals surface area contributed by atoms with Gasteiger partial charge in [0.25, 0.3) is 0 Å². The maximum Gasteiger partial charge on any atom is 0.137 e. The van der Waals surface area contributed by atoms with Gasteiger partial charge < -0.3 is 16.5 Å². The Morgan fingerprint density at radius 2 is 1.21 bits per heavy atom. The van der Waals surface area contributed by atoms with E-state index >= 15 is 0 Å². The number of pyridine rings is 2. The van der Waals surface area contributed by atoms with E-state index in [-0.39, 0.29) is 6.15 Å². The number of hydrogen-bond donors (Lipinski definition) is 3. The Morgan fingerprint density at radius 3 is 1.64 bits per heavy atom. The summed E-state index contributed by atoms with van der Waals surface area (Å²) in [5, 5.41) is 0. The third-order valence-electron chi connectivity index (χ3n) is 4.79. The van der Waals surface area contributed by atoms with Crippen LogP contribution in [-0.4, -0.2) is 19.2 Å². The van der Waals surface area contributed by atoms with Crippen LogP contribution in [0.1, 0.15) is 61.6 Å². The molecule has 0 spiro atoms. The highest BCUT2D eigenvalue weighted by molar-refractivity contribution is 6.04. The van der Waals surface area contributed by atoms with E-state index in [2.05, 4.69) is 100 Å². The Kier molecular flexibility index (Phi) is 13.6. The average molecular weight is 476 g/mol. The Morgan fingerprint density at radius 1 is 0.788 bits per heavy atom. The summed E-state index contributed by atoms with van der Waals surface area (Å²) in [4.78, 5) is 9.05. The Labute approximate surface area is 205 Å². The molecule has 0 bridgehead atoms. The standard InChI is InChI=1S/C16H22N2.C10H16N2.ClHO.H3N/c1-11(2)8-15-9-12(3)10-16(17-15)18-13(4)6-7-14(18)5;1-7(2)4-9-5-8(3)6-10(11)12-9;1-2;/h6-7,9-11H,8H2,1-5H3;5-7H,4H2,1-3H3,(H2,11,12);2H;1H3. The van der Waals surface area contributed by atoms with Gasteiger partial charge in [-0.25, -0.2) is 9.97 Å². The predicted molar refractivity (Wildman–Crippen MR) is 141 cm³/mol. The number of halogens is 1. The predicted octanol–water partition coefficient (Wildman–Crippen LogP) is 6.46. The van der Waals surface area contributed by atoms with Gasteiger partial charge in [0.1, 0.15) is 11.6 Å². The van der Waals surface area contributed by atoms with Crippen LogP contribution in [0.2, 0.25) is 0 Å². The first-order valence-electron chi connectivity index (χ1n) is 11.1. The number of hydrogen-bond acceptors (Lipinski definition) is 5. The quantitative estimate of drug-likeness (QED) is 0.391. The number of anilines is 1. The summed E-state index contributed by atoms with van der Waals surface area (Å²) in [6.45, 7) is 17.3. The van der Waals surface area contributed by atoms with E-state index in [9.17, 15) is 0 Å².